The van der Waals surface area contributed by atoms with Gasteiger partial charge < -0.3 is 0 Å². The SMILES string of the molecule is O=c1[nH]c(Cl)c(-c2cccc(Cl)c2)c(=O)n1C1CCCC1. The van der Waals surface area contributed by atoms with Crippen LogP contribution in [0.3, 0.4) is 0 Å². The van der Waals surface area contributed by atoms with Crippen LogP contribution in [0.1, 0.15) is 31.7 Å². The molecule has 21 heavy (non-hydrogen) atoms. The molecule has 0 aliphatic heterocycles. The fourth-order valence-electron chi connectivity index (χ4n) is 2.91. The van der Waals surface area contributed by atoms with Crippen LogP contribution in [0.25, 0.3) is 11.1 Å². The Morgan fingerprint density at radius 1 is 1.14 bits per heavy atom. The van der Waals surface area contributed by atoms with Crippen molar-refractivity contribution < 1.29 is 0 Å². The molecule has 1 aromatic heterocycles. The summed E-state index contributed by atoms with van der Waals surface area (Å²) in [7, 11) is 0. The number of nitrogens with zero attached hydrogens (tertiary/aromatic N) is 1. The number of hydrogen-bond donors (Lipinski definition) is 1. The fourth-order valence-corrected chi connectivity index (χ4v) is 3.37. The van der Waals surface area contributed by atoms with E-state index in [2.05, 4.69) is 4.98 Å². The predicted octanol–water partition coefficient (Wildman–Crippen LogP) is 3.63. The van der Waals surface area contributed by atoms with Crippen molar-refractivity contribution in [3.05, 3.63) is 55.3 Å². The third kappa shape index (κ3) is 2.65. The van der Waals surface area contributed by atoms with Crippen molar-refractivity contribution in [1.29, 1.82) is 0 Å². The summed E-state index contributed by atoms with van der Waals surface area (Å²) in [5, 5.41) is 0.572. The van der Waals surface area contributed by atoms with Crippen LogP contribution in [0.15, 0.2) is 33.9 Å². The summed E-state index contributed by atoms with van der Waals surface area (Å²) < 4.78 is 1.30. The van der Waals surface area contributed by atoms with Gasteiger partial charge in [-0.25, -0.2) is 4.79 Å². The maximum Gasteiger partial charge on any atom is 0.329 e. The van der Waals surface area contributed by atoms with E-state index < -0.39 is 5.69 Å². The van der Waals surface area contributed by atoms with Gasteiger partial charge in [0.1, 0.15) is 5.15 Å². The van der Waals surface area contributed by atoms with Gasteiger partial charge in [0, 0.05) is 11.1 Å². The molecule has 0 spiro atoms. The van der Waals surface area contributed by atoms with E-state index >= 15 is 0 Å². The minimum absolute atomic E-state index is 0.0450. The molecule has 0 radical (unpaired) electrons. The van der Waals surface area contributed by atoms with Crippen LogP contribution in [0.4, 0.5) is 0 Å². The quantitative estimate of drug-likeness (QED) is 0.857. The van der Waals surface area contributed by atoms with Gasteiger partial charge in [-0.15, -0.1) is 0 Å². The molecule has 1 aliphatic carbocycles. The molecule has 0 amide bonds. The summed E-state index contributed by atoms with van der Waals surface area (Å²) in [6.45, 7) is 0. The standard InChI is InChI=1S/C15H14Cl2N2O2/c16-10-5-3-4-9(8-10)12-13(17)18-15(21)19(14(12)20)11-6-1-2-7-11/h3-5,8,11H,1-2,6-7H2,(H,18,21). The Balaban J connectivity index is 2.24. The van der Waals surface area contributed by atoms with Gasteiger partial charge in [0.2, 0.25) is 0 Å². The predicted molar refractivity (Wildman–Crippen MR) is 84.3 cm³/mol. The number of H-pyrrole nitrogens is 1. The first kappa shape index (κ1) is 14.4. The fraction of sp³-hybridized carbons (Fsp3) is 0.333. The Labute approximate surface area is 131 Å². The molecule has 2 aromatic rings. The molecular weight excluding hydrogens is 311 g/mol. The molecule has 4 nitrogen and oxygen atoms in total. The topological polar surface area (TPSA) is 54.9 Å². The molecule has 0 unspecified atom stereocenters. The second-order valence-corrected chi connectivity index (χ2v) is 6.06. The van der Waals surface area contributed by atoms with Gasteiger partial charge in [0.05, 0.1) is 5.56 Å². The molecule has 3 rings (SSSR count). The van der Waals surface area contributed by atoms with E-state index in [9.17, 15) is 9.59 Å². The number of nitrogens with one attached hydrogen (secondary N) is 1. The molecule has 1 fully saturated rings. The molecule has 0 saturated heterocycles. The zero-order valence-electron chi connectivity index (χ0n) is 11.2. The summed E-state index contributed by atoms with van der Waals surface area (Å²) >= 11 is 12.1. The molecule has 110 valence electrons. The summed E-state index contributed by atoms with van der Waals surface area (Å²) in [6, 6.07) is 6.85. The van der Waals surface area contributed by atoms with E-state index in [-0.39, 0.29) is 16.8 Å². The van der Waals surface area contributed by atoms with E-state index in [1.165, 1.54) is 4.57 Å². The summed E-state index contributed by atoms with van der Waals surface area (Å²) in [5.74, 6) is 0. The smallest absolute Gasteiger partial charge is 0.297 e. The molecular formula is C15H14Cl2N2O2. The molecule has 0 atom stereocenters. The molecule has 1 N–H and O–H groups in total. The maximum atomic E-state index is 12.7. The molecule has 1 aliphatic rings. The minimum atomic E-state index is -0.442. The molecule has 1 aromatic carbocycles. The summed E-state index contributed by atoms with van der Waals surface area (Å²) in [4.78, 5) is 27.4. The van der Waals surface area contributed by atoms with Crippen molar-refractivity contribution in [1.82, 2.24) is 9.55 Å². The molecule has 1 saturated carbocycles. The van der Waals surface area contributed by atoms with Gasteiger partial charge in [-0.05, 0) is 30.5 Å². The van der Waals surface area contributed by atoms with E-state index in [1.54, 1.807) is 24.3 Å². The van der Waals surface area contributed by atoms with Crippen molar-refractivity contribution in [2.75, 3.05) is 0 Å². The minimum Gasteiger partial charge on any atom is -0.297 e. The van der Waals surface area contributed by atoms with E-state index in [4.69, 9.17) is 23.2 Å². The number of benzene rings is 1. The first-order chi connectivity index (χ1) is 10.1. The van der Waals surface area contributed by atoms with Crippen molar-refractivity contribution in [3.63, 3.8) is 0 Å². The lowest BCUT2D eigenvalue weighted by molar-refractivity contribution is 0.480. The average Bonchev–Trinajstić information content (AvgIpc) is 2.92. The molecule has 1 heterocycles. The second-order valence-electron chi connectivity index (χ2n) is 5.24. The Morgan fingerprint density at radius 3 is 2.52 bits per heavy atom. The van der Waals surface area contributed by atoms with E-state index in [0.29, 0.717) is 16.1 Å². The number of aromatic amines is 1. The Kier molecular flexibility index (Phi) is 3.91. The first-order valence-electron chi connectivity index (χ1n) is 6.88. The highest BCUT2D eigenvalue weighted by Gasteiger charge is 2.23. The lowest BCUT2D eigenvalue weighted by Crippen LogP contribution is -2.38. The zero-order valence-corrected chi connectivity index (χ0v) is 12.7. The third-order valence-electron chi connectivity index (χ3n) is 3.89. The highest BCUT2D eigenvalue weighted by molar-refractivity contribution is 6.32. The van der Waals surface area contributed by atoms with Crippen molar-refractivity contribution in [3.8, 4) is 11.1 Å². The largest absolute Gasteiger partial charge is 0.329 e. The van der Waals surface area contributed by atoms with Gasteiger partial charge in [-0.3, -0.25) is 14.3 Å². The number of aromatic nitrogens is 2. The number of hydrogen-bond acceptors (Lipinski definition) is 2. The van der Waals surface area contributed by atoms with Crippen LogP contribution in [-0.4, -0.2) is 9.55 Å². The van der Waals surface area contributed by atoms with Gasteiger partial charge in [0.25, 0.3) is 5.56 Å². The van der Waals surface area contributed by atoms with Crippen molar-refractivity contribution >= 4 is 23.2 Å². The van der Waals surface area contributed by atoms with E-state index in [1.807, 2.05) is 0 Å². The third-order valence-corrected chi connectivity index (χ3v) is 4.41. The molecule has 0 bridgehead atoms. The van der Waals surface area contributed by atoms with Crippen LogP contribution >= 0.6 is 23.2 Å². The maximum absolute atomic E-state index is 12.7. The van der Waals surface area contributed by atoms with Crippen LogP contribution in [0.2, 0.25) is 10.2 Å². The van der Waals surface area contributed by atoms with Gasteiger partial charge in [-0.1, -0.05) is 48.2 Å². The monoisotopic (exact) mass is 324 g/mol. The summed E-state index contributed by atoms with van der Waals surface area (Å²) in [5.41, 5.74) is 0.117. The van der Waals surface area contributed by atoms with Gasteiger partial charge in [-0.2, -0.15) is 0 Å². The number of halogens is 2. The second kappa shape index (κ2) is 5.70. The summed E-state index contributed by atoms with van der Waals surface area (Å²) in [6.07, 6.45) is 3.76. The van der Waals surface area contributed by atoms with Crippen molar-refractivity contribution in [2.24, 2.45) is 0 Å². The molecule has 6 heteroatoms. The lowest BCUT2D eigenvalue weighted by Gasteiger charge is -2.14. The first-order valence-corrected chi connectivity index (χ1v) is 7.64. The number of rotatable bonds is 2. The van der Waals surface area contributed by atoms with E-state index in [0.717, 1.165) is 25.7 Å². The normalized spacial score (nSPS) is 15.5. The Bertz CT molecular complexity index is 789. The average molecular weight is 325 g/mol. The van der Waals surface area contributed by atoms with Crippen LogP contribution in [0, 0.1) is 0 Å². The van der Waals surface area contributed by atoms with Gasteiger partial charge in [0.15, 0.2) is 0 Å². The lowest BCUT2D eigenvalue weighted by atomic mass is 10.1. The highest BCUT2D eigenvalue weighted by atomic mass is 35.5. The Morgan fingerprint density at radius 2 is 1.86 bits per heavy atom. The zero-order chi connectivity index (χ0) is 15.0. The van der Waals surface area contributed by atoms with Crippen LogP contribution < -0.4 is 11.2 Å². The van der Waals surface area contributed by atoms with Crippen molar-refractivity contribution in [2.45, 2.75) is 31.7 Å². The van der Waals surface area contributed by atoms with Crippen LogP contribution in [-0.2, 0) is 0 Å². The highest BCUT2D eigenvalue weighted by Crippen LogP contribution is 2.29. The Hall–Kier alpha value is -1.52. The van der Waals surface area contributed by atoms with Gasteiger partial charge >= 0.3 is 5.69 Å². The van der Waals surface area contributed by atoms with Crippen LogP contribution in [0.5, 0.6) is 0 Å².